The predicted octanol–water partition coefficient (Wildman–Crippen LogP) is 4.58. The lowest BCUT2D eigenvalue weighted by molar-refractivity contribution is -0.138. The summed E-state index contributed by atoms with van der Waals surface area (Å²) in [6.45, 7) is 5.66. The molecule has 12 heteroatoms. The van der Waals surface area contributed by atoms with E-state index in [-0.39, 0.29) is 24.5 Å². The molecular weight excluding hydrogens is 579 g/mol. The quantitative estimate of drug-likeness (QED) is 0.374. The molecule has 3 saturated heterocycles. The van der Waals surface area contributed by atoms with Crippen LogP contribution >= 0.6 is 23.2 Å². The largest absolute Gasteiger partial charge is 0.481 e. The highest BCUT2D eigenvalue weighted by Gasteiger charge is 2.37. The summed E-state index contributed by atoms with van der Waals surface area (Å²) in [5.74, 6) is 0.963. The number of ether oxygens (including phenoxy) is 1. The van der Waals surface area contributed by atoms with Crippen LogP contribution in [0.5, 0.6) is 11.6 Å². The Morgan fingerprint density at radius 3 is 2.40 bits per heavy atom. The highest BCUT2D eigenvalue weighted by molar-refractivity contribution is 6.35. The molecule has 3 aromatic rings. The van der Waals surface area contributed by atoms with Crippen molar-refractivity contribution in [1.82, 2.24) is 24.8 Å². The van der Waals surface area contributed by atoms with E-state index in [0.717, 1.165) is 63.1 Å². The van der Waals surface area contributed by atoms with E-state index in [4.69, 9.17) is 38.0 Å². The minimum Gasteiger partial charge on any atom is -0.481 e. The number of aromatic nitrogens is 3. The maximum Gasteiger partial charge on any atom is 0.303 e. The van der Waals surface area contributed by atoms with Crippen LogP contribution in [0.25, 0.3) is 11.3 Å². The Hall–Kier alpha value is -3.02. The van der Waals surface area contributed by atoms with Crippen LogP contribution in [0.15, 0.2) is 42.7 Å². The van der Waals surface area contributed by atoms with E-state index in [0.29, 0.717) is 46.4 Å². The molecule has 2 N–H and O–H groups in total. The van der Waals surface area contributed by atoms with Crippen molar-refractivity contribution in [3.8, 4) is 22.9 Å². The molecule has 10 nitrogen and oxygen atoms in total. The summed E-state index contributed by atoms with van der Waals surface area (Å²) < 4.78 is 6.17. The molecule has 1 aromatic carbocycles. The Balaban J connectivity index is 1.19. The Kier molecular flexibility index (Phi) is 8.78. The van der Waals surface area contributed by atoms with Gasteiger partial charge >= 0.3 is 5.97 Å². The molecule has 0 amide bonds. The van der Waals surface area contributed by atoms with Gasteiger partial charge in [-0.25, -0.2) is 15.0 Å². The van der Waals surface area contributed by atoms with Gasteiger partial charge in [-0.3, -0.25) is 14.6 Å². The first kappa shape index (κ1) is 29.1. The molecule has 222 valence electrons. The molecule has 3 fully saturated rings. The highest BCUT2D eigenvalue weighted by Crippen LogP contribution is 2.31. The van der Waals surface area contributed by atoms with Gasteiger partial charge in [0.05, 0.1) is 30.2 Å². The topological polar surface area (TPSA) is 115 Å². The fourth-order valence-electron chi connectivity index (χ4n) is 6.21. The third-order valence-electron chi connectivity index (χ3n) is 8.41. The molecule has 42 heavy (non-hydrogen) atoms. The number of halogens is 2. The predicted molar refractivity (Wildman–Crippen MR) is 160 cm³/mol. The smallest absolute Gasteiger partial charge is 0.303 e. The number of pyridine rings is 1. The molecule has 3 aliphatic heterocycles. The number of fused-ring (bicyclic) bond motifs is 1. The molecule has 0 radical (unpaired) electrons. The third kappa shape index (κ3) is 6.95. The number of piperazine rings is 1. The number of carboxylic acid groups (broad SMARTS) is 1. The second-order valence-corrected chi connectivity index (χ2v) is 12.3. The number of hydrogen-bond acceptors (Lipinski definition) is 9. The maximum absolute atomic E-state index is 11.1. The number of nitrogens with zero attached hydrogens (tertiary/aromatic N) is 6. The zero-order chi connectivity index (χ0) is 29.2. The van der Waals surface area contributed by atoms with Gasteiger partial charge in [0.25, 0.3) is 0 Å². The van der Waals surface area contributed by atoms with Crippen molar-refractivity contribution < 1.29 is 19.7 Å². The van der Waals surface area contributed by atoms with Crippen molar-refractivity contribution in [2.24, 2.45) is 5.92 Å². The highest BCUT2D eigenvalue weighted by atomic mass is 35.5. The number of aliphatic hydroxyl groups is 1. The lowest BCUT2D eigenvalue weighted by atomic mass is 9.93. The Bertz CT molecular complexity index is 1400. The van der Waals surface area contributed by atoms with Crippen molar-refractivity contribution in [3.63, 3.8) is 0 Å². The van der Waals surface area contributed by atoms with Crippen LogP contribution in [-0.4, -0.2) is 92.3 Å². The first-order valence-corrected chi connectivity index (χ1v) is 15.1. The zero-order valence-electron chi connectivity index (χ0n) is 23.2. The zero-order valence-corrected chi connectivity index (χ0v) is 24.7. The maximum atomic E-state index is 11.1. The van der Waals surface area contributed by atoms with Gasteiger partial charge in [-0.2, -0.15) is 0 Å². The summed E-state index contributed by atoms with van der Waals surface area (Å²) in [7, 11) is 0. The van der Waals surface area contributed by atoms with E-state index < -0.39 is 5.97 Å². The average molecular weight is 614 g/mol. The molecule has 0 aliphatic carbocycles. The van der Waals surface area contributed by atoms with Crippen LogP contribution in [0.4, 0.5) is 5.95 Å². The monoisotopic (exact) mass is 612 g/mol. The molecule has 2 atom stereocenters. The van der Waals surface area contributed by atoms with Crippen LogP contribution in [-0.2, 0) is 11.3 Å². The first-order chi connectivity index (χ1) is 20.3. The second-order valence-electron chi connectivity index (χ2n) is 11.4. The SMILES string of the molecule is O=C(O)CC1CCN(Cc2cc(Oc3cnc(N4CCN5CC[C@@H](O)[C@@H]5C4)nc3)nc(-c3cc(Cl)cc(Cl)c3)c2)CC1. The van der Waals surface area contributed by atoms with Crippen LogP contribution in [0.3, 0.4) is 0 Å². The normalized spacial score (nSPS) is 21.8. The van der Waals surface area contributed by atoms with E-state index in [1.807, 2.05) is 24.3 Å². The van der Waals surface area contributed by atoms with E-state index >= 15 is 0 Å². The Labute approximate surface area is 254 Å². The van der Waals surface area contributed by atoms with Gasteiger partial charge in [0.1, 0.15) is 0 Å². The lowest BCUT2D eigenvalue weighted by Gasteiger charge is -2.38. The summed E-state index contributed by atoms with van der Waals surface area (Å²) >= 11 is 12.6. The van der Waals surface area contributed by atoms with Crippen LogP contribution in [0, 0.1) is 5.92 Å². The van der Waals surface area contributed by atoms with Crippen LogP contribution in [0.2, 0.25) is 10.0 Å². The average Bonchev–Trinajstić information content (AvgIpc) is 3.33. The summed E-state index contributed by atoms with van der Waals surface area (Å²) in [4.78, 5) is 31.8. The number of carbonyl (C=O) groups is 1. The summed E-state index contributed by atoms with van der Waals surface area (Å²) in [6, 6.07) is 9.36. The number of piperidine rings is 1. The number of aliphatic carboxylic acids is 1. The van der Waals surface area contributed by atoms with Crippen LogP contribution in [0.1, 0.15) is 31.2 Å². The number of carboxylic acids is 1. The fourth-order valence-corrected chi connectivity index (χ4v) is 6.74. The van der Waals surface area contributed by atoms with E-state index in [9.17, 15) is 9.90 Å². The van der Waals surface area contributed by atoms with Gasteiger partial charge in [-0.1, -0.05) is 23.2 Å². The standard InChI is InChI=1S/C30H34Cl2N6O4/c31-22-12-21(13-23(32)14-22)25-9-20(17-36-4-1-19(2-5-36)11-29(40)41)10-28(35-25)42-24-15-33-30(34-16-24)38-8-7-37-6-3-27(39)26(37)18-38/h9-10,12-16,19,26-27,39H,1-8,11,17-18H2,(H,40,41)/t26-,27+/m0/s1. The van der Waals surface area contributed by atoms with Gasteiger partial charge in [0.2, 0.25) is 11.8 Å². The van der Waals surface area contributed by atoms with Gasteiger partial charge in [0.15, 0.2) is 5.75 Å². The molecule has 5 heterocycles. The first-order valence-electron chi connectivity index (χ1n) is 14.4. The molecule has 3 aliphatic rings. The lowest BCUT2D eigenvalue weighted by Crippen LogP contribution is -2.53. The summed E-state index contributed by atoms with van der Waals surface area (Å²) in [5, 5.41) is 20.5. The molecule has 2 aromatic heterocycles. The van der Waals surface area contributed by atoms with Gasteiger partial charge in [-0.15, -0.1) is 0 Å². The van der Waals surface area contributed by atoms with Gasteiger partial charge < -0.3 is 19.8 Å². The number of rotatable bonds is 8. The Morgan fingerprint density at radius 1 is 0.952 bits per heavy atom. The molecule has 0 saturated carbocycles. The minimum atomic E-state index is -0.735. The number of aliphatic hydroxyl groups excluding tert-OH is 1. The Morgan fingerprint density at radius 2 is 1.69 bits per heavy atom. The number of anilines is 1. The molecule has 0 spiro atoms. The molecule has 0 bridgehead atoms. The van der Waals surface area contributed by atoms with Crippen LogP contribution < -0.4 is 9.64 Å². The van der Waals surface area contributed by atoms with Gasteiger partial charge in [-0.05, 0) is 68.1 Å². The molecule has 0 unspecified atom stereocenters. The molecular formula is C30H34Cl2N6O4. The molecule has 6 rings (SSSR count). The number of likely N-dealkylation sites (tertiary alicyclic amines) is 1. The van der Waals surface area contributed by atoms with Crippen molar-refractivity contribution in [2.45, 2.75) is 44.4 Å². The number of benzene rings is 1. The number of hydrogen-bond donors (Lipinski definition) is 2. The summed E-state index contributed by atoms with van der Waals surface area (Å²) in [5.41, 5.74) is 2.46. The van der Waals surface area contributed by atoms with E-state index in [1.54, 1.807) is 18.5 Å². The van der Waals surface area contributed by atoms with Crippen molar-refractivity contribution in [3.05, 3.63) is 58.3 Å². The van der Waals surface area contributed by atoms with Gasteiger partial charge in [0, 0.05) is 60.8 Å². The summed E-state index contributed by atoms with van der Waals surface area (Å²) in [6.07, 6.45) is 5.74. The fraction of sp³-hybridized carbons (Fsp3) is 0.467. The van der Waals surface area contributed by atoms with E-state index in [1.165, 1.54) is 0 Å². The van der Waals surface area contributed by atoms with Crippen molar-refractivity contribution in [1.29, 1.82) is 0 Å². The van der Waals surface area contributed by atoms with E-state index in [2.05, 4.69) is 24.7 Å². The van der Waals surface area contributed by atoms with Crippen molar-refractivity contribution in [2.75, 3.05) is 44.2 Å². The minimum absolute atomic E-state index is 0.117. The van der Waals surface area contributed by atoms with Crippen molar-refractivity contribution >= 4 is 35.1 Å². The second kappa shape index (κ2) is 12.7. The third-order valence-corrected chi connectivity index (χ3v) is 8.84.